The van der Waals surface area contributed by atoms with E-state index < -0.39 is 0 Å². The number of benzene rings is 11. The Morgan fingerprint density at radius 1 is 0.212 bits per heavy atom. The Morgan fingerprint density at radius 3 is 1.23 bits per heavy atom. The summed E-state index contributed by atoms with van der Waals surface area (Å²) in [5.74, 6) is 0. The fraction of sp³-hybridized carbons (Fsp3) is 0. The molecule has 17 aromatic rings. The summed E-state index contributed by atoms with van der Waals surface area (Å²) in [6.45, 7) is 0. The number of hydrogen-bond acceptors (Lipinski definition) is 2. The van der Waals surface area contributed by atoms with Crippen molar-refractivity contribution in [2.24, 2.45) is 0 Å². The number of fused-ring (bicyclic) bond motifs is 13. The van der Waals surface area contributed by atoms with Crippen LogP contribution in [0.1, 0.15) is 0 Å². The van der Waals surface area contributed by atoms with E-state index in [4.69, 9.17) is 9.97 Å². The van der Waals surface area contributed by atoms with Gasteiger partial charge in [0.25, 0.3) is 0 Å². The van der Waals surface area contributed by atoms with Gasteiger partial charge < -0.3 is 18.3 Å². The number of para-hydroxylation sites is 5. The number of pyridine rings is 2. The molecule has 0 bridgehead atoms. The van der Waals surface area contributed by atoms with Gasteiger partial charge in [-0.3, -0.25) is 9.97 Å². The van der Waals surface area contributed by atoms with Gasteiger partial charge in [0, 0.05) is 89.4 Å². The summed E-state index contributed by atoms with van der Waals surface area (Å²) >= 11 is 0. The molecule has 11 aromatic carbocycles. The number of rotatable bonds is 7. The van der Waals surface area contributed by atoms with Gasteiger partial charge >= 0.3 is 0 Å². The molecule has 0 N–H and O–H groups in total. The van der Waals surface area contributed by atoms with E-state index in [-0.39, 0.29) is 0 Å². The zero-order valence-corrected chi connectivity index (χ0v) is 43.2. The van der Waals surface area contributed by atoms with Gasteiger partial charge in [0.2, 0.25) is 0 Å². The second-order valence-electron chi connectivity index (χ2n) is 21.0. The van der Waals surface area contributed by atoms with Crippen molar-refractivity contribution in [3.8, 4) is 56.1 Å². The molecule has 372 valence electrons. The molecule has 0 aliphatic rings. The summed E-state index contributed by atoms with van der Waals surface area (Å²) in [5.41, 5.74) is 20.3. The van der Waals surface area contributed by atoms with E-state index >= 15 is 0 Å². The molecule has 6 heterocycles. The van der Waals surface area contributed by atoms with Crippen molar-refractivity contribution in [2.45, 2.75) is 0 Å². The van der Waals surface area contributed by atoms with Crippen molar-refractivity contribution >= 4 is 98.0 Å². The van der Waals surface area contributed by atoms with Crippen molar-refractivity contribution < 1.29 is 0 Å². The zero-order valence-electron chi connectivity index (χ0n) is 43.2. The maximum absolute atomic E-state index is 4.96. The summed E-state index contributed by atoms with van der Waals surface area (Å²) in [6, 6.07) is 92.8. The zero-order chi connectivity index (χ0) is 52.4. The molecule has 6 aromatic heterocycles. The van der Waals surface area contributed by atoms with E-state index in [1.807, 2.05) is 24.8 Å². The molecular formula is C74H46N6. The highest BCUT2D eigenvalue weighted by atomic mass is 15.0. The molecule has 6 heteroatoms. The molecule has 0 aliphatic heterocycles. The molecular weight excluding hydrogens is 973 g/mol. The second kappa shape index (κ2) is 17.3. The van der Waals surface area contributed by atoms with Crippen molar-refractivity contribution in [2.75, 3.05) is 0 Å². The van der Waals surface area contributed by atoms with Crippen LogP contribution in [0.5, 0.6) is 0 Å². The normalized spacial score (nSPS) is 12.0. The Bertz CT molecular complexity index is 5350. The third kappa shape index (κ3) is 6.60. The summed E-state index contributed by atoms with van der Waals surface area (Å²) in [7, 11) is 0. The standard InChI is InChI=1S/C74H46N6/c1-3-17-53(18-4-1)77-65-24-12-9-21-57(65)58-36-30-51(41-69(58)77)63-43-76-46-72-74(63)61-23-11-14-26-67(61)79(72)55-33-27-48(28-34-55)50-32-38-68-62(40-50)59-37-31-52(42-70(59)80(68)56-35-29-47-15-7-8-16-49(47)39-56)64-44-75-45-71-73(64)60-22-10-13-25-66(60)78(71)54-19-5-2-6-20-54/h1-46H. The smallest absolute Gasteiger partial charge is 0.0730 e. The quantitative estimate of drug-likeness (QED) is 0.160. The minimum Gasteiger partial charge on any atom is -0.309 e. The molecule has 0 saturated heterocycles. The number of aromatic nitrogens is 6. The predicted molar refractivity (Wildman–Crippen MR) is 333 cm³/mol. The van der Waals surface area contributed by atoms with Crippen molar-refractivity contribution in [1.82, 2.24) is 28.2 Å². The highest BCUT2D eigenvalue weighted by molar-refractivity contribution is 6.19. The Balaban J connectivity index is 0.798. The topological polar surface area (TPSA) is 45.5 Å². The second-order valence-corrected chi connectivity index (χ2v) is 21.0. The van der Waals surface area contributed by atoms with Crippen LogP contribution in [-0.2, 0) is 0 Å². The van der Waals surface area contributed by atoms with E-state index in [0.29, 0.717) is 0 Å². The first-order valence-electron chi connectivity index (χ1n) is 27.3. The van der Waals surface area contributed by atoms with Gasteiger partial charge in [-0.05, 0) is 124 Å². The Hall–Kier alpha value is -10.8. The third-order valence-corrected chi connectivity index (χ3v) is 16.7. The first-order chi connectivity index (χ1) is 39.7. The van der Waals surface area contributed by atoms with E-state index in [1.54, 1.807) is 0 Å². The number of nitrogens with zero attached hydrogens (tertiary/aromatic N) is 6. The highest BCUT2D eigenvalue weighted by Crippen LogP contribution is 2.44. The Labute approximate surface area is 459 Å². The van der Waals surface area contributed by atoms with Crippen molar-refractivity contribution in [3.05, 3.63) is 280 Å². The molecule has 0 radical (unpaired) electrons. The molecule has 0 atom stereocenters. The SMILES string of the molecule is c1ccc(-n2c3ccccc3c3ccc(-c4cncc5c4c4ccccc4n5-c4ccc(-c5ccc6c(c5)c5ccc(-c7cncc8c7c7ccccc7n8-c7ccccc7)cc5n6-c5ccc6ccccc6c5)cc4)cc32)cc1. The van der Waals surface area contributed by atoms with Crippen molar-refractivity contribution in [1.29, 1.82) is 0 Å². The monoisotopic (exact) mass is 1020 g/mol. The Morgan fingerprint density at radius 2 is 0.625 bits per heavy atom. The van der Waals surface area contributed by atoms with Gasteiger partial charge in [-0.15, -0.1) is 0 Å². The molecule has 17 rings (SSSR count). The third-order valence-electron chi connectivity index (χ3n) is 16.7. The lowest BCUT2D eigenvalue weighted by Crippen LogP contribution is -1.95. The van der Waals surface area contributed by atoms with E-state index in [9.17, 15) is 0 Å². The largest absolute Gasteiger partial charge is 0.309 e. The minimum atomic E-state index is 1.07. The molecule has 0 fully saturated rings. The van der Waals surface area contributed by atoms with E-state index in [2.05, 4.69) is 273 Å². The van der Waals surface area contributed by atoms with Crippen LogP contribution in [0.3, 0.4) is 0 Å². The summed E-state index contributed by atoms with van der Waals surface area (Å²) in [4.78, 5) is 9.87. The molecule has 0 aliphatic carbocycles. The van der Waals surface area contributed by atoms with E-state index in [0.717, 1.165) is 89.2 Å². The highest BCUT2D eigenvalue weighted by Gasteiger charge is 2.22. The Kier molecular flexibility index (Phi) is 9.61. The molecule has 0 spiro atoms. The maximum atomic E-state index is 4.96. The average Bonchev–Trinajstić information content (AvgIpc) is 4.33. The van der Waals surface area contributed by atoms with Crippen LogP contribution in [0, 0.1) is 0 Å². The summed E-state index contributed by atoms with van der Waals surface area (Å²) < 4.78 is 9.54. The lowest BCUT2D eigenvalue weighted by molar-refractivity contribution is 1.17. The predicted octanol–water partition coefficient (Wildman–Crippen LogP) is 19.0. The first kappa shape index (κ1) is 44.3. The lowest BCUT2D eigenvalue weighted by Gasteiger charge is -2.12. The van der Waals surface area contributed by atoms with Crippen LogP contribution >= 0.6 is 0 Å². The summed E-state index contributed by atoms with van der Waals surface area (Å²) in [6.07, 6.45) is 8.11. The molecule has 0 saturated carbocycles. The van der Waals surface area contributed by atoms with Crippen LogP contribution in [0.4, 0.5) is 0 Å². The maximum Gasteiger partial charge on any atom is 0.0730 e. The fourth-order valence-electron chi connectivity index (χ4n) is 13.2. The van der Waals surface area contributed by atoms with Gasteiger partial charge in [0.05, 0.1) is 56.5 Å². The molecule has 0 amide bonds. The lowest BCUT2D eigenvalue weighted by atomic mass is 9.99. The van der Waals surface area contributed by atoms with Gasteiger partial charge in [0.15, 0.2) is 0 Å². The van der Waals surface area contributed by atoms with Crippen LogP contribution in [0.15, 0.2) is 280 Å². The van der Waals surface area contributed by atoms with Gasteiger partial charge in [-0.1, -0.05) is 164 Å². The van der Waals surface area contributed by atoms with E-state index in [1.165, 1.54) is 64.9 Å². The number of hydrogen-bond donors (Lipinski definition) is 0. The average molecular weight is 1020 g/mol. The first-order valence-corrected chi connectivity index (χ1v) is 27.3. The van der Waals surface area contributed by atoms with Crippen molar-refractivity contribution in [3.63, 3.8) is 0 Å². The van der Waals surface area contributed by atoms with Gasteiger partial charge in [-0.2, -0.15) is 0 Å². The molecule has 6 nitrogen and oxygen atoms in total. The molecule has 0 unspecified atom stereocenters. The fourth-order valence-corrected chi connectivity index (χ4v) is 13.2. The van der Waals surface area contributed by atoms with Gasteiger partial charge in [0.1, 0.15) is 0 Å². The van der Waals surface area contributed by atoms with Crippen LogP contribution < -0.4 is 0 Å². The van der Waals surface area contributed by atoms with Crippen LogP contribution in [0.2, 0.25) is 0 Å². The minimum absolute atomic E-state index is 1.07. The molecule has 80 heavy (non-hydrogen) atoms. The van der Waals surface area contributed by atoms with Crippen LogP contribution in [0.25, 0.3) is 154 Å². The van der Waals surface area contributed by atoms with Gasteiger partial charge in [-0.25, -0.2) is 0 Å². The van der Waals surface area contributed by atoms with Crippen LogP contribution in [-0.4, -0.2) is 28.2 Å². The summed E-state index contributed by atoms with van der Waals surface area (Å²) in [5, 5.41) is 12.0.